The molecule has 3 aromatic heterocycles. The van der Waals surface area contributed by atoms with Crippen molar-refractivity contribution in [2.45, 2.75) is 45.4 Å². The molecule has 3 aliphatic rings. The monoisotopic (exact) mass is 467 g/mol. The summed E-state index contributed by atoms with van der Waals surface area (Å²) in [4.78, 5) is 17.8. The van der Waals surface area contributed by atoms with E-state index in [1.54, 1.807) is 0 Å². The lowest BCUT2D eigenvalue weighted by molar-refractivity contribution is 0.442. The van der Waals surface area contributed by atoms with Crippen LogP contribution in [0.2, 0.25) is 0 Å². The Kier molecular flexibility index (Phi) is 5.76. The van der Waals surface area contributed by atoms with Gasteiger partial charge in [-0.3, -0.25) is 10.1 Å². The van der Waals surface area contributed by atoms with Crippen molar-refractivity contribution in [1.29, 1.82) is 0 Å². The van der Waals surface area contributed by atoms with Gasteiger partial charge in [0.1, 0.15) is 11.5 Å². The molecule has 6 rings (SSSR count). The van der Waals surface area contributed by atoms with Gasteiger partial charge in [0.2, 0.25) is 0 Å². The predicted octanol–water partition coefficient (Wildman–Crippen LogP) is 3.86. The number of likely N-dealkylation sites (N-methyl/N-ethyl adjacent to an activating group) is 1. The molecular weight excluding hydrogens is 434 g/mol. The van der Waals surface area contributed by atoms with Crippen LogP contribution in [0.4, 0.5) is 5.82 Å². The largest absolute Gasteiger partial charge is 0.372 e. The molecule has 0 atom stereocenters. The molecule has 7 nitrogen and oxygen atoms in total. The normalized spacial score (nSPS) is 22.4. The van der Waals surface area contributed by atoms with Crippen LogP contribution in [-0.2, 0) is 0 Å². The molecule has 5 heterocycles. The van der Waals surface area contributed by atoms with E-state index in [1.165, 1.54) is 35.9 Å². The SMILES string of the molecule is CC1=NC=C(C2=C\CC\C=c3/[nH]nc(-c4cc5c(N6CCCCC6)nccc5[nH]4)/c3=C/2)N(C)CC1. The number of fused-ring (bicyclic) bond motifs is 2. The first-order valence-corrected chi connectivity index (χ1v) is 12.8. The number of pyridine rings is 1. The molecule has 0 amide bonds. The van der Waals surface area contributed by atoms with Gasteiger partial charge in [-0.2, -0.15) is 5.10 Å². The van der Waals surface area contributed by atoms with Crippen molar-refractivity contribution in [3.05, 3.63) is 52.4 Å². The third kappa shape index (κ3) is 4.20. The number of nitrogens with one attached hydrogen (secondary N) is 2. The molecule has 0 radical (unpaired) electrons. The van der Waals surface area contributed by atoms with Gasteiger partial charge in [-0.25, -0.2) is 4.98 Å². The van der Waals surface area contributed by atoms with Crippen LogP contribution in [0.5, 0.6) is 0 Å². The fourth-order valence-corrected chi connectivity index (χ4v) is 5.33. The summed E-state index contributed by atoms with van der Waals surface area (Å²) < 4.78 is 0. The van der Waals surface area contributed by atoms with E-state index in [2.05, 4.69) is 64.2 Å². The fraction of sp³-hybridized carbons (Fsp3) is 0.393. The molecule has 0 saturated carbocycles. The lowest BCUT2D eigenvalue weighted by atomic mass is 10.0. The maximum Gasteiger partial charge on any atom is 0.137 e. The third-order valence-corrected chi connectivity index (χ3v) is 7.37. The highest BCUT2D eigenvalue weighted by Crippen LogP contribution is 2.30. The van der Waals surface area contributed by atoms with Gasteiger partial charge >= 0.3 is 0 Å². The van der Waals surface area contributed by atoms with E-state index in [9.17, 15) is 0 Å². The molecule has 7 heteroatoms. The van der Waals surface area contributed by atoms with E-state index < -0.39 is 0 Å². The summed E-state index contributed by atoms with van der Waals surface area (Å²) in [6, 6.07) is 4.29. The average Bonchev–Trinajstić information content (AvgIpc) is 3.42. The van der Waals surface area contributed by atoms with Crippen molar-refractivity contribution < 1.29 is 0 Å². The van der Waals surface area contributed by atoms with Gasteiger partial charge < -0.3 is 14.8 Å². The standard InChI is InChI=1S/C28H33N7/c1-19-11-15-34(2)26(18-30-19)20-8-4-5-9-24-21(16-20)27(33-32-24)25-17-22-23(31-25)10-12-29-28(22)35-13-6-3-7-14-35/h8-10,12,16-18,31-32H,3-7,11,13-15H2,1-2H3/b20-8+,21-16+,24-9-. The molecule has 3 aromatic rings. The second-order valence-corrected chi connectivity index (χ2v) is 9.86. The number of rotatable bonds is 3. The molecule has 180 valence electrons. The minimum Gasteiger partial charge on any atom is -0.372 e. The molecule has 0 bridgehead atoms. The Bertz CT molecular complexity index is 1460. The number of piperidine rings is 1. The summed E-state index contributed by atoms with van der Waals surface area (Å²) in [5, 5.41) is 11.4. The van der Waals surface area contributed by atoms with Gasteiger partial charge in [0, 0.05) is 55.6 Å². The zero-order valence-electron chi connectivity index (χ0n) is 20.6. The molecule has 2 aliphatic heterocycles. The maximum absolute atomic E-state index is 4.78. The van der Waals surface area contributed by atoms with E-state index in [4.69, 9.17) is 15.1 Å². The number of allylic oxidation sites excluding steroid dienone is 2. The Balaban J connectivity index is 1.46. The molecule has 0 unspecified atom stereocenters. The topological polar surface area (TPSA) is 76.2 Å². The van der Waals surface area contributed by atoms with Gasteiger partial charge in [-0.15, -0.1) is 0 Å². The average molecular weight is 468 g/mol. The van der Waals surface area contributed by atoms with Crippen molar-refractivity contribution >= 4 is 34.6 Å². The lowest BCUT2D eigenvalue weighted by Crippen LogP contribution is -2.30. The molecule has 0 aromatic carbocycles. The predicted molar refractivity (Wildman–Crippen MR) is 144 cm³/mol. The number of aliphatic imine (C=N–C) groups is 1. The molecule has 2 N–H and O–H groups in total. The van der Waals surface area contributed by atoms with Crippen LogP contribution >= 0.6 is 0 Å². The lowest BCUT2D eigenvalue weighted by Gasteiger charge is -2.28. The van der Waals surface area contributed by atoms with Crippen molar-refractivity contribution in [3.8, 4) is 11.4 Å². The summed E-state index contributed by atoms with van der Waals surface area (Å²) in [6.07, 6.45) is 17.5. The summed E-state index contributed by atoms with van der Waals surface area (Å²) in [6.45, 7) is 5.23. The van der Waals surface area contributed by atoms with E-state index in [1.807, 2.05) is 12.4 Å². The molecule has 0 spiro atoms. The van der Waals surface area contributed by atoms with Gasteiger partial charge in [-0.1, -0.05) is 12.2 Å². The zero-order valence-corrected chi connectivity index (χ0v) is 20.6. The number of aromatic amines is 2. The Morgan fingerprint density at radius 2 is 1.89 bits per heavy atom. The maximum atomic E-state index is 4.78. The van der Waals surface area contributed by atoms with Crippen LogP contribution < -0.4 is 15.5 Å². The number of anilines is 1. The van der Waals surface area contributed by atoms with Crippen molar-refractivity contribution in [2.24, 2.45) is 4.99 Å². The van der Waals surface area contributed by atoms with Gasteiger partial charge in [0.25, 0.3) is 0 Å². The van der Waals surface area contributed by atoms with E-state index >= 15 is 0 Å². The first-order valence-electron chi connectivity index (χ1n) is 12.8. The van der Waals surface area contributed by atoms with Gasteiger partial charge in [0.05, 0.1) is 28.5 Å². The number of aromatic nitrogens is 4. The molecular formula is C28H33N7. The molecule has 1 saturated heterocycles. The van der Waals surface area contributed by atoms with Crippen LogP contribution in [0.1, 0.15) is 45.4 Å². The number of H-pyrrole nitrogens is 2. The van der Waals surface area contributed by atoms with Crippen molar-refractivity contribution in [1.82, 2.24) is 25.1 Å². The first kappa shape index (κ1) is 21.9. The second-order valence-electron chi connectivity index (χ2n) is 9.86. The van der Waals surface area contributed by atoms with Crippen LogP contribution in [0.25, 0.3) is 34.4 Å². The van der Waals surface area contributed by atoms with Gasteiger partial charge in [0.15, 0.2) is 0 Å². The summed E-state index contributed by atoms with van der Waals surface area (Å²) in [5.74, 6) is 1.08. The van der Waals surface area contributed by atoms with Crippen LogP contribution in [0.3, 0.4) is 0 Å². The zero-order chi connectivity index (χ0) is 23.8. The smallest absolute Gasteiger partial charge is 0.137 e. The summed E-state index contributed by atoms with van der Waals surface area (Å²) >= 11 is 0. The highest BCUT2D eigenvalue weighted by Gasteiger charge is 2.19. The quantitative estimate of drug-likeness (QED) is 0.613. The van der Waals surface area contributed by atoms with E-state index in [-0.39, 0.29) is 0 Å². The first-order chi connectivity index (χ1) is 17.2. The van der Waals surface area contributed by atoms with Gasteiger partial charge in [-0.05, 0) is 62.8 Å². The number of hydrogen-bond donors (Lipinski definition) is 2. The Labute approximate surface area is 205 Å². The van der Waals surface area contributed by atoms with Crippen molar-refractivity contribution in [3.63, 3.8) is 0 Å². The summed E-state index contributed by atoms with van der Waals surface area (Å²) in [5.41, 5.74) is 6.61. The highest BCUT2D eigenvalue weighted by atomic mass is 15.2. The highest BCUT2D eigenvalue weighted by molar-refractivity contribution is 5.94. The Morgan fingerprint density at radius 1 is 1.03 bits per heavy atom. The van der Waals surface area contributed by atoms with Crippen LogP contribution in [0.15, 0.2) is 46.9 Å². The van der Waals surface area contributed by atoms with E-state index in [0.29, 0.717) is 0 Å². The fourth-order valence-electron chi connectivity index (χ4n) is 5.33. The third-order valence-electron chi connectivity index (χ3n) is 7.37. The van der Waals surface area contributed by atoms with Crippen LogP contribution in [0, 0.1) is 0 Å². The second kappa shape index (κ2) is 9.21. The minimum atomic E-state index is 0.946. The molecule has 1 fully saturated rings. The Morgan fingerprint density at radius 3 is 2.77 bits per heavy atom. The molecule has 35 heavy (non-hydrogen) atoms. The Hall–Kier alpha value is -3.61. The molecule has 1 aliphatic carbocycles. The minimum absolute atomic E-state index is 0.946. The van der Waals surface area contributed by atoms with Crippen LogP contribution in [-0.4, -0.2) is 57.5 Å². The summed E-state index contributed by atoms with van der Waals surface area (Å²) in [7, 11) is 2.16. The van der Waals surface area contributed by atoms with E-state index in [0.717, 1.165) is 77.9 Å². The number of hydrogen-bond acceptors (Lipinski definition) is 5. The number of nitrogens with zero attached hydrogens (tertiary/aromatic N) is 5. The van der Waals surface area contributed by atoms with Crippen molar-refractivity contribution in [2.75, 3.05) is 31.6 Å².